The van der Waals surface area contributed by atoms with Gasteiger partial charge >= 0.3 is 0 Å². The van der Waals surface area contributed by atoms with Crippen molar-refractivity contribution >= 4 is 15.9 Å². The van der Waals surface area contributed by atoms with Crippen LogP contribution in [0.25, 0.3) is 0 Å². The van der Waals surface area contributed by atoms with E-state index in [1.165, 1.54) is 0 Å². The Bertz CT molecular complexity index is 407. The maximum absolute atomic E-state index is 5.95. The molecule has 0 amide bonds. The summed E-state index contributed by atoms with van der Waals surface area (Å²) in [6.45, 7) is 2.99. The highest BCUT2D eigenvalue weighted by atomic mass is 79.9. The molecule has 0 radical (unpaired) electrons. The van der Waals surface area contributed by atoms with Crippen LogP contribution in [0.3, 0.4) is 0 Å². The molecule has 1 aliphatic rings. The third-order valence-electron chi connectivity index (χ3n) is 2.43. The fraction of sp³-hybridized carbons (Fsp3) is 0.455. The Labute approximate surface area is 103 Å². The van der Waals surface area contributed by atoms with Gasteiger partial charge in [0.05, 0.1) is 17.1 Å². The Morgan fingerprint density at radius 3 is 2.75 bits per heavy atom. The van der Waals surface area contributed by atoms with Crippen molar-refractivity contribution in [3.63, 3.8) is 0 Å². The molecular formula is C11H14BrNO3. The molecule has 2 N–H and O–H groups in total. The van der Waals surface area contributed by atoms with E-state index < -0.39 is 0 Å². The summed E-state index contributed by atoms with van der Waals surface area (Å²) >= 11 is 3.44. The van der Waals surface area contributed by atoms with E-state index >= 15 is 0 Å². The second-order valence-corrected chi connectivity index (χ2v) is 4.47. The van der Waals surface area contributed by atoms with Gasteiger partial charge in [0.25, 0.3) is 0 Å². The molecule has 1 heterocycles. The SMILES string of the molecule is COc1c(Br)cc2c(c1C(C)N)OCCO2. The van der Waals surface area contributed by atoms with Gasteiger partial charge in [0.15, 0.2) is 11.5 Å². The molecule has 4 nitrogen and oxygen atoms in total. The number of nitrogens with two attached hydrogens (primary N) is 1. The smallest absolute Gasteiger partial charge is 0.169 e. The molecule has 0 spiro atoms. The molecule has 0 bridgehead atoms. The lowest BCUT2D eigenvalue weighted by Crippen LogP contribution is -2.19. The number of methoxy groups -OCH3 is 1. The average molecular weight is 288 g/mol. The van der Waals surface area contributed by atoms with Crippen LogP contribution in [-0.2, 0) is 0 Å². The molecule has 5 heteroatoms. The lowest BCUT2D eigenvalue weighted by atomic mass is 10.1. The van der Waals surface area contributed by atoms with E-state index in [1.807, 2.05) is 13.0 Å². The number of rotatable bonds is 2. The van der Waals surface area contributed by atoms with E-state index in [4.69, 9.17) is 19.9 Å². The first-order valence-electron chi connectivity index (χ1n) is 5.06. The molecule has 0 fully saturated rings. The number of ether oxygens (including phenoxy) is 3. The molecule has 0 saturated heterocycles. The van der Waals surface area contributed by atoms with E-state index in [2.05, 4.69) is 15.9 Å². The van der Waals surface area contributed by atoms with Crippen LogP contribution < -0.4 is 19.9 Å². The fourth-order valence-corrected chi connectivity index (χ4v) is 2.37. The highest BCUT2D eigenvalue weighted by Gasteiger charge is 2.24. The highest BCUT2D eigenvalue weighted by Crippen LogP contribution is 2.46. The molecule has 88 valence electrons. The Hall–Kier alpha value is -0.940. The average Bonchev–Trinajstić information content (AvgIpc) is 2.26. The van der Waals surface area contributed by atoms with Crippen molar-refractivity contribution < 1.29 is 14.2 Å². The lowest BCUT2D eigenvalue weighted by molar-refractivity contribution is 0.168. The normalized spacial score (nSPS) is 15.8. The van der Waals surface area contributed by atoms with Crippen molar-refractivity contribution in [1.29, 1.82) is 0 Å². The zero-order valence-corrected chi connectivity index (χ0v) is 10.8. The van der Waals surface area contributed by atoms with Crippen LogP contribution in [0.1, 0.15) is 18.5 Å². The molecular weight excluding hydrogens is 274 g/mol. The van der Waals surface area contributed by atoms with Crippen LogP contribution in [-0.4, -0.2) is 20.3 Å². The summed E-state index contributed by atoms with van der Waals surface area (Å²) in [5, 5.41) is 0. The van der Waals surface area contributed by atoms with Gasteiger partial charge in [-0.1, -0.05) is 0 Å². The first-order chi connectivity index (χ1) is 7.65. The number of halogens is 1. The first-order valence-corrected chi connectivity index (χ1v) is 5.86. The molecule has 2 rings (SSSR count). The van der Waals surface area contributed by atoms with Crippen LogP contribution in [0.15, 0.2) is 10.5 Å². The van der Waals surface area contributed by atoms with E-state index in [9.17, 15) is 0 Å². The molecule has 0 aromatic heterocycles. The second-order valence-electron chi connectivity index (χ2n) is 3.62. The third-order valence-corrected chi connectivity index (χ3v) is 3.02. The molecule has 0 aliphatic carbocycles. The first kappa shape index (κ1) is 11.5. The van der Waals surface area contributed by atoms with Gasteiger partial charge < -0.3 is 19.9 Å². The van der Waals surface area contributed by atoms with Crippen molar-refractivity contribution in [3.05, 3.63) is 16.1 Å². The Balaban J connectivity index is 2.64. The molecule has 1 atom stereocenters. The Morgan fingerprint density at radius 2 is 2.12 bits per heavy atom. The van der Waals surface area contributed by atoms with E-state index in [1.54, 1.807) is 7.11 Å². The van der Waals surface area contributed by atoms with Gasteiger partial charge in [-0.2, -0.15) is 0 Å². The Morgan fingerprint density at radius 1 is 1.44 bits per heavy atom. The largest absolute Gasteiger partial charge is 0.495 e. The van der Waals surface area contributed by atoms with E-state index in [-0.39, 0.29) is 6.04 Å². The molecule has 1 aliphatic heterocycles. The number of fused-ring (bicyclic) bond motifs is 1. The van der Waals surface area contributed by atoms with Crippen molar-refractivity contribution in [2.24, 2.45) is 5.73 Å². The predicted molar refractivity (Wildman–Crippen MR) is 64.3 cm³/mol. The minimum Gasteiger partial charge on any atom is -0.495 e. The van der Waals surface area contributed by atoms with Crippen LogP contribution in [0.4, 0.5) is 0 Å². The maximum atomic E-state index is 5.95. The summed E-state index contributed by atoms with van der Waals surface area (Å²) in [6.07, 6.45) is 0. The quantitative estimate of drug-likeness (QED) is 0.907. The summed E-state index contributed by atoms with van der Waals surface area (Å²) in [6, 6.07) is 1.67. The van der Waals surface area contributed by atoms with Crippen molar-refractivity contribution in [2.45, 2.75) is 13.0 Å². The van der Waals surface area contributed by atoms with Gasteiger partial charge in [0.2, 0.25) is 0 Å². The van der Waals surface area contributed by atoms with E-state index in [0.717, 1.165) is 10.0 Å². The van der Waals surface area contributed by atoms with Crippen molar-refractivity contribution in [1.82, 2.24) is 0 Å². The maximum Gasteiger partial charge on any atom is 0.169 e. The molecule has 1 aromatic carbocycles. The zero-order valence-electron chi connectivity index (χ0n) is 9.25. The molecule has 0 saturated carbocycles. The van der Waals surface area contributed by atoms with Crippen molar-refractivity contribution in [3.8, 4) is 17.2 Å². The molecule has 1 unspecified atom stereocenters. The van der Waals surface area contributed by atoms with Crippen LogP contribution in [0.2, 0.25) is 0 Å². The van der Waals surface area contributed by atoms with Gasteiger partial charge in [0.1, 0.15) is 19.0 Å². The predicted octanol–water partition coefficient (Wildman–Crippen LogP) is 2.25. The number of hydrogen-bond acceptors (Lipinski definition) is 4. The van der Waals surface area contributed by atoms with Gasteiger partial charge in [-0.25, -0.2) is 0 Å². The van der Waals surface area contributed by atoms with Crippen molar-refractivity contribution in [2.75, 3.05) is 20.3 Å². The summed E-state index contributed by atoms with van der Waals surface area (Å²) in [4.78, 5) is 0. The molecule has 16 heavy (non-hydrogen) atoms. The topological polar surface area (TPSA) is 53.7 Å². The monoisotopic (exact) mass is 287 g/mol. The molecule has 1 aromatic rings. The lowest BCUT2D eigenvalue weighted by Gasteiger charge is -2.25. The van der Waals surface area contributed by atoms with Gasteiger partial charge in [-0.3, -0.25) is 0 Å². The minimum atomic E-state index is -0.178. The summed E-state index contributed by atoms with van der Waals surface area (Å²) in [5.41, 5.74) is 6.79. The number of benzene rings is 1. The summed E-state index contributed by atoms with van der Waals surface area (Å²) in [5.74, 6) is 2.12. The Kier molecular flexibility index (Phi) is 3.25. The van der Waals surface area contributed by atoms with Crippen LogP contribution in [0, 0.1) is 0 Å². The summed E-state index contributed by atoms with van der Waals surface area (Å²) in [7, 11) is 1.61. The minimum absolute atomic E-state index is 0.178. The van der Waals surface area contributed by atoms with Gasteiger partial charge in [0, 0.05) is 12.1 Å². The van der Waals surface area contributed by atoms with Crippen LogP contribution >= 0.6 is 15.9 Å². The van der Waals surface area contributed by atoms with Gasteiger partial charge in [-0.05, 0) is 22.9 Å². The fourth-order valence-electron chi connectivity index (χ4n) is 1.78. The van der Waals surface area contributed by atoms with Crippen LogP contribution in [0.5, 0.6) is 17.2 Å². The van der Waals surface area contributed by atoms with E-state index in [0.29, 0.717) is 30.5 Å². The highest BCUT2D eigenvalue weighted by molar-refractivity contribution is 9.10. The van der Waals surface area contributed by atoms with Gasteiger partial charge in [-0.15, -0.1) is 0 Å². The number of hydrogen-bond donors (Lipinski definition) is 1. The summed E-state index contributed by atoms with van der Waals surface area (Å²) < 4.78 is 17.3. The third kappa shape index (κ3) is 1.85. The standard InChI is InChI=1S/C11H14BrNO3/c1-6(13)9-10(14-2)7(12)5-8-11(9)16-4-3-15-8/h5-6H,3-4,13H2,1-2H3. The zero-order chi connectivity index (χ0) is 11.7. The second kappa shape index (κ2) is 4.51.